The topological polar surface area (TPSA) is 49.3 Å². The second-order valence-corrected chi connectivity index (χ2v) is 5.85. The summed E-state index contributed by atoms with van der Waals surface area (Å²) in [6.07, 6.45) is 1.52. The molecule has 19 heavy (non-hydrogen) atoms. The number of benzene rings is 1. The van der Waals surface area contributed by atoms with E-state index in [1.165, 1.54) is 5.56 Å². The molecule has 0 aliphatic heterocycles. The van der Waals surface area contributed by atoms with Gasteiger partial charge in [-0.2, -0.15) is 11.8 Å². The number of amides is 1. The molecule has 1 aromatic carbocycles. The molecule has 1 unspecified atom stereocenters. The minimum absolute atomic E-state index is 0.0415. The van der Waals surface area contributed by atoms with Crippen LogP contribution in [-0.4, -0.2) is 29.4 Å². The van der Waals surface area contributed by atoms with E-state index in [-0.39, 0.29) is 18.6 Å². The molecule has 0 aliphatic rings. The molecular weight excluding hydrogens is 258 g/mol. The maximum absolute atomic E-state index is 12.0. The second kappa shape index (κ2) is 8.99. The van der Waals surface area contributed by atoms with Crippen molar-refractivity contribution in [2.24, 2.45) is 0 Å². The van der Waals surface area contributed by atoms with Crippen molar-refractivity contribution in [1.82, 2.24) is 5.32 Å². The van der Waals surface area contributed by atoms with Crippen molar-refractivity contribution in [1.29, 1.82) is 0 Å². The van der Waals surface area contributed by atoms with Gasteiger partial charge in [0.2, 0.25) is 0 Å². The number of carbonyl (C=O) groups is 1. The Balaban J connectivity index is 2.48. The van der Waals surface area contributed by atoms with E-state index in [4.69, 9.17) is 5.11 Å². The Hall–Kier alpha value is -1.00. The molecule has 0 bridgehead atoms. The molecule has 1 atom stereocenters. The normalized spacial score (nSPS) is 12.2. The molecule has 0 heterocycles. The van der Waals surface area contributed by atoms with Crippen LogP contribution in [0.1, 0.15) is 42.6 Å². The number of carbonyl (C=O) groups excluding carboxylic acids is 1. The number of aliphatic hydroxyl groups is 1. The summed E-state index contributed by atoms with van der Waals surface area (Å²) < 4.78 is 0. The fourth-order valence-electron chi connectivity index (χ4n) is 1.75. The van der Waals surface area contributed by atoms with Crippen molar-refractivity contribution in [3.63, 3.8) is 0 Å². The van der Waals surface area contributed by atoms with Crippen LogP contribution in [0, 0.1) is 0 Å². The number of rotatable bonds is 8. The predicted octanol–water partition coefficient (Wildman–Crippen LogP) is 2.83. The van der Waals surface area contributed by atoms with Crippen molar-refractivity contribution in [3.8, 4) is 0 Å². The Labute approximate surface area is 119 Å². The lowest BCUT2D eigenvalue weighted by molar-refractivity contribution is 0.0936. The summed E-state index contributed by atoms with van der Waals surface area (Å²) in [5.41, 5.74) is 1.94. The summed E-state index contributed by atoms with van der Waals surface area (Å²) in [5, 5.41) is 11.7. The van der Waals surface area contributed by atoms with Crippen LogP contribution >= 0.6 is 11.8 Å². The molecule has 0 aliphatic carbocycles. The summed E-state index contributed by atoms with van der Waals surface area (Å²) >= 11 is 1.87. The molecule has 2 N–H and O–H groups in total. The molecule has 0 saturated carbocycles. The summed E-state index contributed by atoms with van der Waals surface area (Å²) in [4.78, 5) is 12.0. The lowest BCUT2D eigenvalue weighted by atomic mass is 10.1. The summed E-state index contributed by atoms with van der Waals surface area (Å²) in [6, 6.07) is 7.86. The fraction of sp³-hybridized carbons (Fsp3) is 0.533. The first-order chi connectivity index (χ1) is 9.17. The van der Waals surface area contributed by atoms with Gasteiger partial charge < -0.3 is 10.4 Å². The van der Waals surface area contributed by atoms with Crippen LogP contribution in [0.25, 0.3) is 0 Å². The van der Waals surface area contributed by atoms with E-state index >= 15 is 0 Å². The molecule has 4 heteroatoms. The Morgan fingerprint density at radius 3 is 2.63 bits per heavy atom. The van der Waals surface area contributed by atoms with E-state index in [9.17, 15) is 4.79 Å². The van der Waals surface area contributed by atoms with E-state index in [1.54, 1.807) is 0 Å². The Kier molecular flexibility index (Phi) is 7.60. The van der Waals surface area contributed by atoms with E-state index in [2.05, 4.69) is 12.2 Å². The van der Waals surface area contributed by atoms with Gasteiger partial charge in [0.25, 0.3) is 5.91 Å². The molecule has 0 saturated heterocycles. The summed E-state index contributed by atoms with van der Waals surface area (Å²) in [5.74, 6) is 2.05. The van der Waals surface area contributed by atoms with Crippen LogP contribution in [0.2, 0.25) is 0 Å². The van der Waals surface area contributed by atoms with Crippen LogP contribution in [-0.2, 0) is 5.75 Å². The minimum atomic E-state index is -0.0415. The Morgan fingerprint density at radius 2 is 2.05 bits per heavy atom. The molecular formula is C15H23NO2S. The highest BCUT2D eigenvalue weighted by molar-refractivity contribution is 7.98. The van der Waals surface area contributed by atoms with Crippen LogP contribution in [0.4, 0.5) is 0 Å². The molecule has 1 rings (SSSR count). The molecule has 0 aromatic heterocycles. The minimum Gasteiger partial charge on any atom is -0.396 e. The van der Waals surface area contributed by atoms with Gasteiger partial charge in [-0.25, -0.2) is 0 Å². The standard InChI is InChI=1S/C15H23NO2S/c1-3-19-11-13-6-8-14(9-7-13)15(18)16-12(2)5-4-10-17/h6-9,12,17H,3-5,10-11H2,1-2H3,(H,16,18). The van der Waals surface area contributed by atoms with Gasteiger partial charge in [0, 0.05) is 24.0 Å². The smallest absolute Gasteiger partial charge is 0.251 e. The average Bonchev–Trinajstić information content (AvgIpc) is 2.43. The monoisotopic (exact) mass is 281 g/mol. The number of aliphatic hydroxyl groups excluding tert-OH is 1. The Bertz CT molecular complexity index is 378. The van der Waals surface area contributed by atoms with Gasteiger partial charge in [-0.1, -0.05) is 19.1 Å². The van der Waals surface area contributed by atoms with Crippen molar-refractivity contribution in [2.75, 3.05) is 12.4 Å². The number of nitrogens with one attached hydrogen (secondary N) is 1. The van der Waals surface area contributed by atoms with E-state index in [0.717, 1.165) is 17.9 Å². The van der Waals surface area contributed by atoms with E-state index < -0.39 is 0 Å². The molecule has 3 nitrogen and oxygen atoms in total. The van der Waals surface area contributed by atoms with Gasteiger partial charge in [0.15, 0.2) is 0 Å². The zero-order valence-corrected chi connectivity index (χ0v) is 12.5. The summed E-state index contributed by atoms with van der Waals surface area (Å²) in [6.45, 7) is 4.27. The predicted molar refractivity (Wildman–Crippen MR) is 81.5 cm³/mol. The lowest BCUT2D eigenvalue weighted by Gasteiger charge is -2.13. The molecule has 106 valence electrons. The Morgan fingerprint density at radius 1 is 1.37 bits per heavy atom. The third-order valence-corrected chi connectivity index (χ3v) is 3.81. The quantitative estimate of drug-likeness (QED) is 0.770. The summed E-state index contributed by atoms with van der Waals surface area (Å²) in [7, 11) is 0. The van der Waals surface area contributed by atoms with Crippen molar-refractivity contribution < 1.29 is 9.90 Å². The van der Waals surface area contributed by atoms with E-state index in [1.807, 2.05) is 43.0 Å². The largest absolute Gasteiger partial charge is 0.396 e. The van der Waals surface area contributed by atoms with Gasteiger partial charge in [0.05, 0.1) is 0 Å². The molecule has 0 radical (unpaired) electrons. The molecule has 0 spiro atoms. The van der Waals surface area contributed by atoms with Crippen molar-refractivity contribution >= 4 is 17.7 Å². The highest BCUT2D eigenvalue weighted by Gasteiger charge is 2.09. The highest BCUT2D eigenvalue weighted by Crippen LogP contribution is 2.12. The van der Waals surface area contributed by atoms with Crippen LogP contribution in [0.5, 0.6) is 0 Å². The zero-order valence-electron chi connectivity index (χ0n) is 11.7. The van der Waals surface area contributed by atoms with Crippen LogP contribution in [0.15, 0.2) is 24.3 Å². The van der Waals surface area contributed by atoms with E-state index in [0.29, 0.717) is 12.0 Å². The van der Waals surface area contributed by atoms with Gasteiger partial charge >= 0.3 is 0 Å². The molecule has 1 aromatic rings. The second-order valence-electron chi connectivity index (χ2n) is 4.57. The van der Waals surface area contributed by atoms with Gasteiger partial charge in [-0.3, -0.25) is 4.79 Å². The first-order valence-electron chi connectivity index (χ1n) is 6.75. The van der Waals surface area contributed by atoms with Crippen molar-refractivity contribution in [3.05, 3.63) is 35.4 Å². The maximum atomic E-state index is 12.0. The average molecular weight is 281 g/mol. The molecule has 0 fully saturated rings. The molecule has 1 amide bonds. The fourth-order valence-corrected chi connectivity index (χ4v) is 2.38. The number of hydrogen-bond donors (Lipinski definition) is 2. The maximum Gasteiger partial charge on any atom is 0.251 e. The third-order valence-electron chi connectivity index (χ3n) is 2.86. The van der Waals surface area contributed by atoms with Gasteiger partial charge in [0.1, 0.15) is 0 Å². The first kappa shape index (κ1) is 16.1. The number of thioether (sulfide) groups is 1. The van der Waals surface area contributed by atoms with Crippen LogP contribution in [0.3, 0.4) is 0 Å². The van der Waals surface area contributed by atoms with Crippen LogP contribution < -0.4 is 5.32 Å². The SMILES string of the molecule is CCSCc1ccc(C(=O)NC(C)CCCO)cc1. The lowest BCUT2D eigenvalue weighted by Crippen LogP contribution is -2.32. The highest BCUT2D eigenvalue weighted by atomic mass is 32.2. The van der Waals surface area contributed by atoms with Gasteiger partial charge in [-0.15, -0.1) is 0 Å². The third kappa shape index (κ3) is 6.12. The first-order valence-corrected chi connectivity index (χ1v) is 7.91. The zero-order chi connectivity index (χ0) is 14.1. The van der Waals surface area contributed by atoms with Crippen molar-refractivity contribution in [2.45, 2.75) is 38.5 Å². The number of hydrogen-bond acceptors (Lipinski definition) is 3. The van der Waals surface area contributed by atoms with Gasteiger partial charge in [-0.05, 0) is 43.2 Å².